The topological polar surface area (TPSA) is 38.3 Å². The van der Waals surface area contributed by atoms with E-state index in [0.717, 1.165) is 27.7 Å². The molecular formula is C18H19BrClNO2. The molecule has 0 heterocycles. The van der Waals surface area contributed by atoms with Gasteiger partial charge in [-0.3, -0.25) is 4.79 Å². The number of hydrogen-bond donors (Lipinski definition) is 1. The van der Waals surface area contributed by atoms with Crippen molar-refractivity contribution in [3.05, 3.63) is 57.0 Å². The Morgan fingerprint density at radius 3 is 2.74 bits per heavy atom. The molecule has 0 radical (unpaired) electrons. The van der Waals surface area contributed by atoms with Crippen molar-refractivity contribution in [2.75, 3.05) is 5.32 Å². The third-order valence-electron chi connectivity index (χ3n) is 3.56. The fraction of sp³-hybridized carbons (Fsp3) is 0.278. The lowest BCUT2D eigenvalue weighted by Crippen LogP contribution is -2.30. The molecule has 2 aromatic carbocycles. The normalized spacial score (nSPS) is 11.9. The van der Waals surface area contributed by atoms with Gasteiger partial charge in [-0.2, -0.15) is 0 Å². The Morgan fingerprint density at radius 2 is 2.09 bits per heavy atom. The number of amides is 1. The highest BCUT2D eigenvalue weighted by molar-refractivity contribution is 9.10. The zero-order valence-electron chi connectivity index (χ0n) is 13.3. The monoisotopic (exact) mass is 395 g/mol. The quantitative estimate of drug-likeness (QED) is 0.737. The zero-order chi connectivity index (χ0) is 17.0. The molecule has 1 N–H and O–H groups in total. The summed E-state index contributed by atoms with van der Waals surface area (Å²) in [6.07, 6.45) is 0.228. The van der Waals surface area contributed by atoms with E-state index in [1.165, 1.54) is 0 Å². The van der Waals surface area contributed by atoms with E-state index >= 15 is 0 Å². The maximum absolute atomic E-state index is 12.4. The molecule has 122 valence electrons. The minimum Gasteiger partial charge on any atom is -0.480 e. The number of carbonyl (C=O) groups is 1. The third kappa shape index (κ3) is 4.49. The number of nitrogens with one attached hydrogen (secondary N) is 1. The van der Waals surface area contributed by atoms with Gasteiger partial charge in [0.05, 0.1) is 4.47 Å². The number of aryl methyl sites for hydroxylation is 2. The van der Waals surface area contributed by atoms with Gasteiger partial charge in [0, 0.05) is 10.7 Å². The number of benzene rings is 2. The largest absolute Gasteiger partial charge is 0.480 e. The molecule has 2 rings (SSSR count). The fourth-order valence-electron chi connectivity index (χ4n) is 2.24. The Bertz CT molecular complexity index is 718. The highest BCUT2D eigenvalue weighted by Crippen LogP contribution is 2.29. The van der Waals surface area contributed by atoms with Crippen molar-refractivity contribution >= 4 is 39.1 Å². The van der Waals surface area contributed by atoms with Crippen LogP contribution < -0.4 is 10.1 Å². The van der Waals surface area contributed by atoms with Crippen molar-refractivity contribution in [3.63, 3.8) is 0 Å². The molecule has 0 aliphatic rings. The Hall–Kier alpha value is -1.52. The summed E-state index contributed by atoms with van der Waals surface area (Å²) < 4.78 is 6.45. The smallest absolute Gasteiger partial charge is 0.265 e. The van der Waals surface area contributed by atoms with Crippen LogP contribution in [-0.2, 0) is 11.2 Å². The third-order valence-corrected chi connectivity index (χ3v) is 4.41. The summed E-state index contributed by atoms with van der Waals surface area (Å²) in [6, 6.07) is 11.2. The SMILES string of the molecule is CCc1cccc(C)c1NC(=O)[C@H](C)Oc1ccc(Cl)cc1Br. The number of hydrogen-bond acceptors (Lipinski definition) is 2. The number of halogens is 2. The van der Waals surface area contributed by atoms with Gasteiger partial charge in [0.1, 0.15) is 5.75 Å². The van der Waals surface area contributed by atoms with Crippen LogP contribution in [0.4, 0.5) is 5.69 Å². The van der Waals surface area contributed by atoms with Crippen molar-refractivity contribution in [2.24, 2.45) is 0 Å². The van der Waals surface area contributed by atoms with Crippen LogP contribution in [0.15, 0.2) is 40.9 Å². The van der Waals surface area contributed by atoms with Gasteiger partial charge in [0.2, 0.25) is 0 Å². The van der Waals surface area contributed by atoms with E-state index in [9.17, 15) is 4.79 Å². The maximum atomic E-state index is 12.4. The molecule has 2 aromatic rings. The molecule has 0 unspecified atom stereocenters. The maximum Gasteiger partial charge on any atom is 0.265 e. The van der Waals surface area contributed by atoms with E-state index in [1.807, 2.05) is 25.1 Å². The van der Waals surface area contributed by atoms with Crippen LogP contribution in [0.2, 0.25) is 5.02 Å². The van der Waals surface area contributed by atoms with Gasteiger partial charge in [0.25, 0.3) is 5.91 Å². The van der Waals surface area contributed by atoms with Gasteiger partial charge in [-0.15, -0.1) is 0 Å². The van der Waals surface area contributed by atoms with E-state index in [1.54, 1.807) is 25.1 Å². The van der Waals surface area contributed by atoms with E-state index in [2.05, 4.69) is 28.2 Å². The highest BCUT2D eigenvalue weighted by Gasteiger charge is 2.18. The van der Waals surface area contributed by atoms with Crippen molar-refractivity contribution in [1.29, 1.82) is 0 Å². The Kier molecular flexibility index (Phi) is 6.08. The summed E-state index contributed by atoms with van der Waals surface area (Å²) in [5.41, 5.74) is 3.02. The first-order chi connectivity index (χ1) is 10.9. The van der Waals surface area contributed by atoms with Gasteiger partial charge >= 0.3 is 0 Å². The van der Waals surface area contributed by atoms with Gasteiger partial charge in [0.15, 0.2) is 6.10 Å². The molecule has 0 saturated carbocycles. The molecule has 0 bridgehead atoms. The number of anilines is 1. The molecule has 23 heavy (non-hydrogen) atoms. The zero-order valence-corrected chi connectivity index (χ0v) is 15.7. The van der Waals surface area contributed by atoms with Crippen molar-refractivity contribution < 1.29 is 9.53 Å². The van der Waals surface area contributed by atoms with Crippen molar-refractivity contribution in [3.8, 4) is 5.75 Å². The molecule has 0 aliphatic heterocycles. The average Bonchev–Trinajstić information content (AvgIpc) is 2.51. The molecule has 1 amide bonds. The lowest BCUT2D eigenvalue weighted by atomic mass is 10.1. The van der Waals surface area contributed by atoms with Crippen LogP contribution in [0, 0.1) is 6.92 Å². The van der Waals surface area contributed by atoms with E-state index in [4.69, 9.17) is 16.3 Å². The van der Waals surface area contributed by atoms with E-state index in [0.29, 0.717) is 10.8 Å². The second kappa shape index (κ2) is 7.84. The summed E-state index contributed by atoms with van der Waals surface area (Å²) in [7, 11) is 0. The first-order valence-electron chi connectivity index (χ1n) is 7.43. The molecule has 0 spiro atoms. The molecule has 0 fully saturated rings. The Balaban J connectivity index is 2.12. The Morgan fingerprint density at radius 1 is 1.35 bits per heavy atom. The lowest BCUT2D eigenvalue weighted by Gasteiger charge is -2.18. The van der Waals surface area contributed by atoms with Gasteiger partial charge in [-0.25, -0.2) is 0 Å². The molecule has 0 aliphatic carbocycles. The molecule has 0 saturated heterocycles. The summed E-state index contributed by atoms with van der Waals surface area (Å²) >= 11 is 9.29. The van der Waals surface area contributed by atoms with Crippen LogP contribution in [0.3, 0.4) is 0 Å². The minimum atomic E-state index is -0.628. The number of para-hydroxylation sites is 1. The van der Waals surface area contributed by atoms with E-state index in [-0.39, 0.29) is 5.91 Å². The van der Waals surface area contributed by atoms with Gasteiger partial charge < -0.3 is 10.1 Å². The first kappa shape index (κ1) is 17.8. The van der Waals surface area contributed by atoms with E-state index < -0.39 is 6.10 Å². The standard InChI is InChI=1S/C18H19BrClNO2/c1-4-13-7-5-6-11(2)17(13)21-18(22)12(3)23-16-9-8-14(20)10-15(16)19/h5-10,12H,4H2,1-3H3,(H,21,22)/t12-/m0/s1. The van der Waals surface area contributed by atoms with Crippen LogP contribution in [-0.4, -0.2) is 12.0 Å². The van der Waals surface area contributed by atoms with Crippen LogP contribution in [0.25, 0.3) is 0 Å². The van der Waals surface area contributed by atoms with Gasteiger partial charge in [-0.1, -0.05) is 36.7 Å². The van der Waals surface area contributed by atoms with Crippen LogP contribution >= 0.6 is 27.5 Å². The predicted octanol–water partition coefficient (Wildman–Crippen LogP) is 5.38. The Labute approximate surface area is 150 Å². The summed E-state index contributed by atoms with van der Waals surface area (Å²) in [4.78, 5) is 12.4. The minimum absolute atomic E-state index is 0.184. The summed E-state index contributed by atoms with van der Waals surface area (Å²) in [5.74, 6) is 0.397. The fourth-order valence-corrected chi connectivity index (χ4v) is 3.02. The molecule has 3 nitrogen and oxygen atoms in total. The van der Waals surface area contributed by atoms with Crippen LogP contribution in [0.1, 0.15) is 25.0 Å². The highest BCUT2D eigenvalue weighted by atomic mass is 79.9. The molecular weight excluding hydrogens is 378 g/mol. The second-order valence-electron chi connectivity index (χ2n) is 5.29. The van der Waals surface area contributed by atoms with Crippen LogP contribution in [0.5, 0.6) is 5.75 Å². The second-order valence-corrected chi connectivity index (χ2v) is 6.58. The lowest BCUT2D eigenvalue weighted by molar-refractivity contribution is -0.122. The van der Waals surface area contributed by atoms with Crippen molar-refractivity contribution in [1.82, 2.24) is 0 Å². The number of ether oxygens (including phenoxy) is 1. The van der Waals surface area contributed by atoms with Gasteiger partial charge in [-0.05, 0) is 65.5 Å². The van der Waals surface area contributed by atoms with Crippen molar-refractivity contribution in [2.45, 2.75) is 33.3 Å². The predicted molar refractivity (Wildman–Crippen MR) is 98.4 cm³/mol. The molecule has 5 heteroatoms. The summed E-state index contributed by atoms with van der Waals surface area (Å²) in [6.45, 7) is 5.77. The molecule has 0 aromatic heterocycles. The first-order valence-corrected chi connectivity index (χ1v) is 8.60. The molecule has 1 atom stereocenters. The summed E-state index contributed by atoms with van der Waals surface area (Å²) in [5, 5.41) is 3.58. The number of rotatable bonds is 5. The number of carbonyl (C=O) groups excluding carboxylic acids is 1. The average molecular weight is 397 g/mol.